The normalized spacial score (nSPS) is 18.3. The monoisotopic (exact) mass is 353 g/mol. The van der Waals surface area contributed by atoms with E-state index in [2.05, 4.69) is 4.98 Å². The van der Waals surface area contributed by atoms with Gasteiger partial charge in [0.25, 0.3) is 5.22 Å². The Balaban J connectivity index is 1.60. The second-order valence-corrected chi connectivity index (χ2v) is 6.82. The highest BCUT2D eigenvalue weighted by molar-refractivity contribution is 7.99. The SMILES string of the molecule is NC(=O)C1CCCN(C(=O)CSc2nc3cc(Cl)ccc3o2)C1. The first-order valence-electron chi connectivity index (χ1n) is 7.29. The second-order valence-electron chi connectivity index (χ2n) is 5.46. The van der Waals surface area contributed by atoms with Crippen molar-refractivity contribution in [3.8, 4) is 0 Å². The van der Waals surface area contributed by atoms with Gasteiger partial charge in [-0.05, 0) is 31.0 Å². The number of hydrogen-bond donors (Lipinski definition) is 1. The van der Waals surface area contributed by atoms with E-state index >= 15 is 0 Å². The molecule has 0 spiro atoms. The van der Waals surface area contributed by atoms with Crippen LogP contribution in [-0.2, 0) is 9.59 Å². The van der Waals surface area contributed by atoms with Gasteiger partial charge in [-0.25, -0.2) is 4.98 Å². The third-order valence-corrected chi connectivity index (χ3v) is 4.87. The standard InChI is InChI=1S/C15H16ClN3O3S/c16-10-3-4-12-11(6-10)18-15(22-12)23-8-13(20)19-5-1-2-9(7-19)14(17)21/h3-4,6,9H,1-2,5,7-8H2,(H2,17,21). The molecule has 2 heterocycles. The van der Waals surface area contributed by atoms with Crippen LogP contribution in [0.15, 0.2) is 27.8 Å². The molecule has 1 fully saturated rings. The number of aromatic nitrogens is 1. The zero-order chi connectivity index (χ0) is 16.4. The van der Waals surface area contributed by atoms with Crippen LogP contribution in [0.2, 0.25) is 5.02 Å². The molecule has 3 rings (SSSR count). The number of piperidine rings is 1. The van der Waals surface area contributed by atoms with Gasteiger partial charge >= 0.3 is 0 Å². The van der Waals surface area contributed by atoms with Crippen molar-refractivity contribution in [3.63, 3.8) is 0 Å². The lowest BCUT2D eigenvalue weighted by molar-refractivity contribution is -0.132. The summed E-state index contributed by atoms with van der Waals surface area (Å²) in [6.45, 7) is 1.06. The van der Waals surface area contributed by atoms with E-state index in [0.717, 1.165) is 12.8 Å². The zero-order valence-corrected chi connectivity index (χ0v) is 13.9. The van der Waals surface area contributed by atoms with Crippen LogP contribution < -0.4 is 5.73 Å². The lowest BCUT2D eigenvalue weighted by Crippen LogP contribution is -2.44. The van der Waals surface area contributed by atoms with Crippen molar-refractivity contribution in [2.45, 2.75) is 18.1 Å². The summed E-state index contributed by atoms with van der Waals surface area (Å²) in [5.41, 5.74) is 6.63. The topological polar surface area (TPSA) is 89.4 Å². The molecule has 8 heteroatoms. The van der Waals surface area contributed by atoms with Gasteiger partial charge in [-0.2, -0.15) is 0 Å². The molecule has 1 atom stereocenters. The fourth-order valence-electron chi connectivity index (χ4n) is 2.59. The summed E-state index contributed by atoms with van der Waals surface area (Å²) in [4.78, 5) is 29.5. The van der Waals surface area contributed by atoms with Crippen LogP contribution in [0.4, 0.5) is 0 Å². The maximum Gasteiger partial charge on any atom is 0.257 e. The number of carbonyl (C=O) groups excluding carboxylic acids is 2. The van der Waals surface area contributed by atoms with Gasteiger partial charge in [0, 0.05) is 18.1 Å². The molecule has 0 aliphatic carbocycles. The van der Waals surface area contributed by atoms with Gasteiger partial charge in [0.1, 0.15) is 5.52 Å². The fraction of sp³-hybridized carbons (Fsp3) is 0.400. The molecule has 1 aromatic heterocycles. The number of benzene rings is 1. The Morgan fingerprint density at radius 2 is 2.30 bits per heavy atom. The first-order chi connectivity index (χ1) is 11.0. The maximum atomic E-state index is 12.3. The molecule has 0 bridgehead atoms. The molecule has 1 aliphatic heterocycles. The Morgan fingerprint density at radius 3 is 3.09 bits per heavy atom. The van der Waals surface area contributed by atoms with E-state index in [0.29, 0.717) is 34.4 Å². The molecular formula is C15H16ClN3O3S. The van der Waals surface area contributed by atoms with Crippen LogP contribution >= 0.6 is 23.4 Å². The molecule has 1 aromatic carbocycles. The zero-order valence-electron chi connectivity index (χ0n) is 12.3. The molecule has 1 unspecified atom stereocenters. The minimum atomic E-state index is -0.342. The predicted octanol–water partition coefficient (Wildman–Crippen LogP) is 2.30. The van der Waals surface area contributed by atoms with E-state index in [4.69, 9.17) is 21.8 Å². The van der Waals surface area contributed by atoms with E-state index in [1.54, 1.807) is 23.1 Å². The summed E-state index contributed by atoms with van der Waals surface area (Å²) < 4.78 is 5.57. The van der Waals surface area contributed by atoms with Crippen molar-refractivity contribution in [2.75, 3.05) is 18.8 Å². The van der Waals surface area contributed by atoms with Crippen LogP contribution in [-0.4, -0.2) is 40.5 Å². The van der Waals surface area contributed by atoms with E-state index < -0.39 is 0 Å². The number of thioether (sulfide) groups is 1. The molecule has 122 valence electrons. The first kappa shape index (κ1) is 16.1. The summed E-state index contributed by atoms with van der Waals surface area (Å²) in [6, 6.07) is 5.19. The van der Waals surface area contributed by atoms with Crippen molar-refractivity contribution >= 4 is 46.3 Å². The lowest BCUT2D eigenvalue weighted by atomic mass is 9.97. The fourth-order valence-corrected chi connectivity index (χ4v) is 3.50. The number of rotatable bonds is 4. The number of carbonyl (C=O) groups is 2. The smallest absolute Gasteiger partial charge is 0.257 e. The number of amides is 2. The molecular weight excluding hydrogens is 338 g/mol. The van der Waals surface area contributed by atoms with Gasteiger partial charge in [0.05, 0.1) is 11.7 Å². The number of hydrogen-bond acceptors (Lipinski definition) is 5. The van der Waals surface area contributed by atoms with Gasteiger partial charge in [-0.3, -0.25) is 9.59 Å². The minimum Gasteiger partial charge on any atom is -0.431 e. The number of primary amides is 1. The van der Waals surface area contributed by atoms with Gasteiger partial charge in [-0.1, -0.05) is 23.4 Å². The number of likely N-dealkylation sites (tertiary alicyclic amines) is 1. The van der Waals surface area contributed by atoms with Crippen LogP contribution in [0.25, 0.3) is 11.1 Å². The minimum absolute atomic E-state index is 0.0405. The van der Waals surface area contributed by atoms with Crippen molar-refractivity contribution in [2.24, 2.45) is 11.7 Å². The third kappa shape index (κ3) is 3.79. The molecule has 2 aromatic rings. The third-order valence-electron chi connectivity index (χ3n) is 3.83. The summed E-state index contributed by atoms with van der Waals surface area (Å²) in [6.07, 6.45) is 1.55. The van der Waals surface area contributed by atoms with Crippen LogP contribution in [0, 0.1) is 5.92 Å². The Morgan fingerprint density at radius 1 is 1.48 bits per heavy atom. The Hall–Kier alpha value is -1.73. The molecule has 23 heavy (non-hydrogen) atoms. The highest BCUT2D eigenvalue weighted by atomic mass is 35.5. The molecule has 1 aliphatic rings. The quantitative estimate of drug-likeness (QED) is 0.852. The Bertz CT molecular complexity index is 749. The summed E-state index contributed by atoms with van der Waals surface area (Å²) in [5.74, 6) is -0.414. The number of nitrogens with zero attached hydrogens (tertiary/aromatic N) is 2. The summed E-state index contributed by atoms with van der Waals surface area (Å²) >= 11 is 7.14. The highest BCUT2D eigenvalue weighted by Gasteiger charge is 2.27. The summed E-state index contributed by atoms with van der Waals surface area (Å²) in [7, 11) is 0. The average molecular weight is 354 g/mol. The van der Waals surface area contributed by atoms with E-state index in [1.165, 1.54) is 11.8 Å². The van der Waals surface area contributed by atoms with E-state index in [-0.39, 0.29) is 23.5 Å². The molecule has 2 N–H and O–H groups in total. The highest BCUT2D eigenvalue weighted by Crippen LogP contribution is 2.26. The summed E-state index contributed by atoms with van der Waals surface area (Å²) in [5, 5.41) is 1.02. The van der Waals surface area contributed by atoms with Crippen LogP contribution in [0.1, 0.15) is 12.8 Å². The van der Waals surface area contributed by atoms with Crippen LogP contribution in [0.3, 0.4) is 0 Å². The second kappa shape index (κ2) is 6.80. The number of oxazole rings is 1. The first-order valence-corrected chi connectivity index (χ1v) is 8.65. The largest absolute Gasteiger partial charge is 0.431 e. The predicted molar refractivity (Wildman–Crippen MR) is 88.2 cm³/mol. The van der Waals surface area contributed by atoms with Gasteiger partial charge in [0.15, 0.2) is 5.58 Å². The molecule has 1 saturated heterocycles. The van der Waals surface area contributed by atoms with Gasteiger partial charge in [-0.15, -0.1) is 0 Å². The van der Waals surface area contributed by atoms with Crippen LogP contribution in [0.5, 0.6) is 0 Å². The molecule has 6 nitrogen and oxygen atoms in total. The molecule has 0 saturated carbocycles. The van der Waals surface area contributed by atoms with Crippen molar-refractivity contribution in [1.82, 2.24) is 9.88 Å². The van der Waals surface area contributed by atoms with Gasteiger partial charge < -0.3 is 15.1 Å². The number of halogens is 1. The van der Waals surface area contributed by atoms with Crippen molar-refractivity contribution in [3.05, 3.63) is 23.2 Å². The Kier molecular flexibility index (Phi) is 4.77. The van der Waals surface area contributed by atoms with E-state index in [1.807, 2.05) is 0 Å². The van der Waals surface area contributed by atoms with Crippen molar-refractivity contribution in [1.29, 1.82) is 0 Å². The molecule has 0 radical (unpaired) electrons. The molecule has 2 amide bonds. The van der Waals surface area contributed by atoms with Crippen molar-refractivity contribution < 1.29 is 14.0 Å². The Labute approximate surface area is 142 Å². The van der Waals surface area contributed by atoms with Gasteiger partial charge in [0.2, 0.25) is 11.8 Å². The van der Waals surface area contributed by atoms with E-state index in [9.17, 15) is 9.59 Å². The lowest BCUT2D eigenvalue weighted by Gasteiger charge is -2.31. The number of nitrogens with two attached hydrogens (primary N) is 1. The maximum absolute atomic E-state index is 12.3. The average Bonchev–Trinajstić information content (AvgIpc) is 2.94. The number of fused-ring (bicyclic) bond motifs is 1.